The molecule has 2 amide bonds. The second-order valence-electron chi connectivity index (χ2n) is 23.2. The number of nitrogens with two attached hydrogens (primary N) is 1. The van der Waals surface area contributed by atoms with E-state index in [9.17, 15) is 73.2 Å². The Morgan fingerprint density at radius 2 is 1.68 bits per heavy atom. The summed E-state index contributed by atoms with van der Waals surface area (Å²) in [5, 5.41) is 60.6. The van der Waals surface area contributed by atoms with Crippen LogP contribution in [0.5, 0.6) is 0 Å². The number of aromatic nitrogens is 4. The number of carbonyl (C=O) groups is 3. The van der Waals surface area contributed by atoms with Crippen LogP contribution in [0.4, 0.5) is 5.82 Å². The maximum atomic E-state index is 13.0. The summed E-state index contributed by atoms with van der Waals surface area (Å²) in [5.41, 5.74) is 4.54. The molecule has 31 heteroatoms. The van der Waals surface area contributed by atoms with Crippen molar-refractivity contribution >= 4 is 69.1 Å². The average Bonchev–Trinajstić information content (AvgIpc) is 3.87. The highest BCUT2D eigenvalue weighted by Crippen LogP contribution is 2.68. The molecule has 0 aromatic carbocycles. The van der Waals surface area contributed by atoms with Gasteiger partial charge >= 0.3 is 23.5 Å². The average molecular weight is 1200 g/mol. The molecule has 79 heavy (non-hydrogen) atoms. The van der Waals surface area contributed by atoms with Gasteiger partial charge in [0, 0.05) is 30.7 Å². The van der Waals surface area contributed by atoms with Gasteiger partial charge in [-0.2, -0.15) is 4.31 Å². The topological polar surface area (TPSA) is 424 Å². The molecule has 0 radical (unpaired) electrons. The number of fused-ring (bicyclic) bond motifs is 6. The Bertz CT molecular complexity index is 2700. The Kier molecular flexibility index (Phi) is 20.3. The number of rotatable bonds is 24. The number of phosphoric acid groups is 3. The Labute approximate surface area is 462 Å². The Hall–Kier alpha value is -2.82. The van der Waals surface area contributed by atoms with Crippen molar-refractivity contribution in [3.05, 3.63) is 24.3 Å². The van der Waals surface area contributed by atoms with Crippen molar-refractivity contribution in [2.24, 2.45) is 51.8 Å². The number of nitrogens with zero attached hydrogens (tertiary/aromatic N) is 4. The van der Waals surface area contributed by atoms with E-state index in [-0.39, 0.29) is 99.8 Å². The van der Waals surface area contributed by atoms with Crippen molar-refractivity contribution in [2.45, 2.75) is 155 Å². The lowest BCUT2D eigenvalue weighted by Crippen LogP contribution is -2.62. The lowest BCUT2D eigenvalue weighted by Gasteiger charge is -2.63. The van der Waals surface area contributed by atoms with Crippen LogP contribution in [0.1, 0.15) is 112 Å². The molecule has 5 fully saturated rings. The fourth-order valence-electron chi connectivity index (χ4n) is 13.4. The number of hydrogen-bond acceptors (Lipinski definition) is 21. The molecule has 27 nitrogen and oxygen atoms in total. The van der Waals surface area contributed by atoms with Crippen LogP contribution in [0, 0.1) is 51.8 Å². The van der Waals surface area contributed by atoms with E-state index in [1.165, 1.54) is 13.8 Å². The van der Waals surface area contributed by atoms with Crippen molar-refractivity contribution < 1.29 is 95.8 Å². The summed E-state index contributed by atoms with van der Waals surface area (Å²) in [6.07, 6.45) is 0.951. The monoisotopic (exact) mass is 1200 g/mol. The molecule has 0 spiro atoms. The zero-order chi connectivity index (χ0) is 58.2. The van der Waals surface area contributed by atoms with Crippen LogP contribution < -0.4 is 16.4 Å². The molecule has 7 rings (SSSR count). The van der Waals surface area contributed by atoms with Gasteiger partial charge in [-0.25, -0.2) is 28.6 Å². The molecule has 2 aromatic rings. The first-order chi connectivity index (χ1) is 36.8. The fraction of sp³-hybridized carbons (Fsp3) is 0.792. The van der Waals surface area contributed by atoms with Gasteiger partial charge in [-0.3, -0.25) is 32.5 Å². The number of nitrogens with one attached hydrogen (secondary N) is 2. The minimum Gasteiger partial charge on any atom is -0.393 e. The van der Waals surface area contributed by atoms with Gasteiger partial charge < -0.3 is 66.2 Å². The van der Waals surface area contributed by atoms with E-state index in [0.717, 1.165) is 67.5 Å². The Morgan fingerprint density at radius 1 is 0.975 bits per heavy atom. The van der Waals surface area contributed by atoms with Crippen LogP contribution in [-0.4, -0.2) is 156 Å². The summed E-state index contributed by atoms with van der Waals surface area (Å²) in [5.74, 6) is 0.199. The smallest absolute Gasteiger partial charge is 0.393 e. The maximum absolute atomic E-state index is 13.0. The normalized spacial score (nSPS) is 34.4. The molecule has 4 saturated carbocycles. The van der Waals surface area contributed by atoms with E-state index in [0.29, 0.717) is 24.8 Å². The first-order valence-electron chi connectivity index (χ1n) is 26.6. The van der Waals surface area contributed by atoms with Crippen LogP contribution in [0.2, 0.25) is 0 Å². The predicted molar refractivity (Wildman–Crippen MR) is 283 cm³/mol. The van der Waals surface area contributed by atoms with E-state index in [2.05, 4.69) is 55.2 Å². The van der Waals surface area contributed by atoms with Crippen LogP contribution in [0.25, 0.3) is 11.2 Å². The summed E-state index contributed by atoms with van der Waals surface area (Å²) < 4.78 is 62.8. The molecule has 2 aromatic heterocycles. The third-order valence-corrected chi connectivity index (χ3v) is 21.7. The standard InChI is InChI=1S/C48H78N7O20P3S/c1-25(29-10-11-30-36-31(20-34(58)48(29,30)6)47(5)14-12-28(56)18-27(47)19-32(36)57)8-7-9-26(2)45(63)79-17-16-50-35(59)13-15-51-43(62)40(61)46(3,4)22-72-78(69,70)75-77(67,68)71-21-33-39(74-76(64,65)66)38(60)44(73-33)55-24-54-37-41(49)52-23-53-42(37)55/h9,23-25,27-34,36,38-40,44,56-58,60-61H,7-8,10-22H2,1-6H3,(H,50,59)(H,51,62)(H,67,68)(H,69,70)(H2,49,52,53)(H2,64,65,66)/b26-9+/t25-,27+,28-,29-,30+,31+,32-,33-,34+,36+,38-,39-,40+,44-,47+,48-/m1/s1. The number of thioether (sulfide) groups is 1. The number of phosphoric ester groups is 3. The maximum Gasteiger partial charge on any atom is 0.481 e. The van der Waals surface area contributed by atoms with Crippen molar-refractivity contribution in [1.82, 2.24) is 30.2 Å². The Morgan fingerprint density at radius 3 is 2.39 bits per heavy atom. The quantitative estimate of drug-likeness (QED) is 0.0408. The molecule has 13 N–H and O–H groups in total. The summed E-state index contributed by atoms with van der Waals surface area (Å²) in [7, 11) is -16.5. The highest BCUT2D eigenvalue weighted by molar-refractivity contribution is 8.14. The van der Waals surface area contributed by atoms with E-state index >= 15 is 0 Å². The molecule has 0 bridgehead atoms. The number of amides is 2. The van der Waals surface area contributed by atoms with Gasteiger partial charge in [0.15, 0.2) is 17.7 Å². The number of allylic oxidation sites excluding steroid dienone is 1. The summed E-state index contributed by atoms with van der Waals surface area (Å²) in [4.78, 5) is 89.8. The molecule has 18 atom stereocenters. The van der Waals surface area contributed by atoms with Crippen molar-refractivity contribution in [2.75, 3.05) is 37.8 Å². The number of nitrogen functional groups attached to an aromatic ring is 1. The number of carbonyl (C=O) groups excluding carboxylic acids is 3. The third-order valence-electron chi connectivity index (χ3n) is 17.7. The molecular formula is C48H78N7O20P3S. The molecule has 4 aliphatic carbocycles. The van der Waals surface area contributed by atoms with Crippen LogP contribution >= 0.6 is 35.2 Å². The van der Waals surface area contributed by atoms with Crippen molar-refractivity contribution in [3.8, 4) is 0 Å². The summed E-state index contributed by atoms with van der Waals surface area (Å²) in [6, 6.07) is 0. The fourth-order valence-corrected chi connectivity index (χ4v) is 16.9. The lowest BCUT2D eigenvalue weighted by molar-refractivity contribution is -0.207. The van der Waals surface area contributed by atoms with Crippen LogP contribution in [-0.2, 0) is 50.7 Å². The number of aliphatic hydroxyl groups excluding tert-OH is 5. The van der Waals surface area contributed by atoms with Gasteiger partial charge in [0.25, 0.3) is 0 Å². The first kappa shape index (κ1) is 63.8. The van der Waals surface area contributed by atoms with Gasteiger partial charge in [0.1, 0.15) is 36.3 Å². The zero-order valence-corrected chi connectivity index (χ0v) is 48.6. The van der Waals surface area contributed by atoms with Crippen molar-refractivity contribution in [3.63, 3.8) is 0 Å². The minimum atomic E-state index is -5.61. The molecule has 446 valence electrons. The van der Waals surface area contributed by atoms with E-state index in [1.807, 2.05) is 6.08 Å². The SMILES string of the molecule is C/C(=C\CC[C@@H](C)[C@H]1CC[C@H]2[C@@H]3[C@H](O)C[C@@H]4C[C@H](O)CC[C@]4(C)[C@H]3C[C@H](O)[C@]12C)C(=O)SCCNC(=O)CCNC(=O)[C@H](O)C(C)(C)COP(=O)(O)OP(=O)(O)OC[C@H]1O[C@@H](n2cnc3c(N)ncnc32)[C@H](O)[C@@H]1OP(=O)(O)O. The Balaban J connectivity index is 0.781. The van der Waals surface area contributed by atoms with E-state index in [1.54, 1.807) is 6.92 Å². The number of aliphatic hydroxyl groups is 5. The van der Waals surface area contributed by atoms with Crippen LogP contribution in [0.3, 0.4) is 0 Å². The minimum absolute atomic E-state index is 0.00939. The highest BCUT2D eigenvalue weighted by atomic mass is 32.2. The molecule has 1 aliphatic heterocycles. The van der Waals surface area contributed by atoms with Crippen molar-refractivity contribution in [1.29, 1.82) is 0 Å². The number of hydrogen-bond donors (Lipinski definition) is 12. The molecule has 2 unspecified atom stereocenters. The van der Waals surface area contributed by atoms with Crippen LogP contribution in [0.15, 0.2) is 24.3 Å². The van der Waals surface area contributed by atoms with E-state index < -0.39 is 96.8 Å². The van der Waals surface area contributed by atoms with Gasteiger partial charge in [-0.15, -0.1) is 0 Å². The first-order valence-corrected chi connectivity index (χ1v) is 32.1. The second kappa shape index (κ2) is 25.2. The highest BCUT2D eigenvalue weighted by Gasteiger charge is 2.66. The second-order valence-corrected chi connectivity index (χ2v) is 28.5. The van der Waals surface area contributed by atoms with Gasteiger partial charge in [-0.05, 0) is 117 Å². The van der Waals surface area contributed by atoms with Gasteiger partial charge in [0.2, 0.25) is 16.9 Å². The largest absolute Gasteiger partial charge is 0.481 e. The number of anilines is 1. The van der Waals surface area contributed by atoms with E-state index in [4.69, 9.17) is 19.5 Å². The molecule has 5 aliphatic rings. The van der Waals surface area contributed by atoms with Gasteiger partial charge in [0.05, 0.1) is 37.9 Å². The summed E-state index contributed by atoms with van der Waals surface area (Å²) >= 11 is 1.06. The number of imidazole rings is 1. The summed E-state index contributed by atoms with van der Waals surface area (Å²) in [6.45, 7) is 8.93. The molecule has 1 saturated heterocycles. The molecule has 3 heterocycles. The number of ether oxygens (including phenoxy) is 1. The lowest BCUT2D eigenvalue weighted by atomic mass is 9.43. The predicted octanol–water partition coefficient (Wildman–Crippen LogP) is 2.99. The third kappa shape index (κ3) is 14.6. The van der Waals surface area contributed by atoms with Gasteiger partial charge in [-0.1, -0.05) is 52.5 Å². The zero-order valence-electron chi connectivity index (χ0n) is 45.1. The molecular weight excluding hydrogens is 1120 g/mol.